The van der Waals surface area contributed by atoms with E-state index in [1.807, 2.05) is 6.07 Å². The number of nitrogens with zero attached hydrogens (tertiary/aromatic N) is 4. The lowest BCUT2D eigenvalue weighted by molar-refractivity contribution is -0.138. The Hall–Kier alpha value is -4.09. The zero-order valence-electron chi connectivity index (χ0n) is 17.8. The van der Waals surface area contributed by atoms with Gasteiger partial charge in [0.05, 0.1) is 34.5 Å². The number of anilines is 1. The van der Waals surface area contributed by atoms with E-state index in [0.29, 0.717) is 16.5 Å². The fraction of sp³-hybridized carbons (Fsp3) is 0.273. The van der Waals surface area contributed by atoms with E-state index in [0.717, 1.165) is 24.0 Å². The third kappa shape index (κ3) is 5.79. The van der Waals surface area contributed by atoms with Crippen molar-refractivity contribution in [3.63, 3.8) is 0 Å². The number of alkyl halides is 3. The SMILES string of the molecule is CN(C)C(=O)N(C(=O)C(C)(O)COc1ccc(C#N)cc1)c1ccc(C#N)c(C(F)(F)F)c1. The second-order valence-corrected chi connectivity index (χ2v) is 7.36. The van der Waals surface area contributed by atoms with E-state index in [9.17, 15) is 27.9 Å². The fourth-order valence-corrected chi connectivity index (χ4v) is 2.67. The van der Waals surface area contributed by atoms with Crippen molar-refractivity contribution in [2.75, 3.05) is 25.6 Å². The van der Waals surface area contributed by atoms with E-state index in [1.54, 1.807) is 0 Å². The third-order valence-corrected chi connectivity index (χ3v) is 4.43. The van der Waals surface area contributed by atoms with Crippen LogP contribution in [0, 0.1) is 22.7 Å². The number of nitriles is 2. The van der Waals surface area contributed by atoms with Gasteiger partial charge in [-0.05, 0) is 49.4 Å². The molecule has 0 radical (unpaired) electrons. The molecule has 33 heavy (non-hydrogen) atoms. The van der Waals surface area contributed by atoms with Gasteiger partial charge in [-0.1, -0.05) is 0 Å². The molecule has 172 valence electrons. The molecule has 0 saturated carbocycles. The molecule has 0 aliphatic heterocycles. The Bertz CT molecular complexity index is 1130. The van der Waals surface area contributed by atoms with E-state index < -0.39 is 47.1 Å². The van der Waals surface area contributed by atoms with Gasteiger partial charge in [0, 0.05) is 14.1 Å². The highest BCUT2D eigenvalue weighted by Gasteiger charge is 2.41. The first-order valence-electron chi connectivity index (χ1n) is 9.34. The number of hydrogen-bond acceptors (Lipinski definition) is 6. The van der Waals surface area contributed by atoms with Gasteiger partial charge in [0.1, 0.15) is 12.4 Å². The number of ether oxygens (including phenoxy) is 1. The summed E-state index contributed by atoms with van der Waals surface area (Å²) in [5.74, 6) is -1.03. The van der Waals surface area contributed by atoms with Crippen molar-refractivity contribution >= 4 is 17.6 Å². The molecule has 0 fully saturated rings. The highest BCUT2D eigenvalue weighted by molar-refractivity contribution is 6.16. The molecular formula is C22H19F3N4O4. The van der Waals surface area contributed by atoms with Crippen molar-refractivity contribution in [3.8, 4) is 17.9 Å². The first-order valence-corrected chi connectivity index (χ1v) is 9.34. The Morgan fingerprint density at radius 1 is 1.06 bits per heavy atom. The Labute approximate surface area is 187 Å². The average molecular weight is 460 g/mol. The average Bonchev–Trinajstić information content (AvgIpc) is 2.77. The van der Waals surface area contributed by atoms with Crippen LogP contribution in [0.1, 0.15) is 23.6 Å². The highest BCUT2D eigenvalue weighted by Crippen LogP contribution is 2.35. The van der Waals surface area contributed by atoms with Crippen molar-refractivity contribution in [2.24, 2.45) is 0 Å². The molecular weight excluding hydrogens is 441 g/mol. The monoisotopic (exact) mass is 460 g/mol. The second-order valence-electron chi connectivity index (χ2n) is 7.36. The predicted molar refractivity (Wildman–Crippen MR) is 110 cm³/mol. The smallest absolute Gasteiger partial charge is 0.417 e. The van der Waals surface area contributed by atoms with Crippen LogP contribution < -0.4 is 9.64 Å². The van der Waals surface area contributed by atoms with Crippen LogP contribution in [0.3, 0.4) is 0 Å². The molecule has 8 nitrogen and oxygen atoms in total. The second kappa shape index (κ2) is 9.59. The molecule has 2 aromatic carbocycles. The Morgan fingerprint density at radius 3 is 2.15 bits per heavy atom. The minimum absolute atomic E-state index is 0.213. The summed E-state index contributed by atoms with van der Waals surface area (Å²) in [5, 5.41) is 28.5. The number of aliphatic hydroxyl groups is 1. The lowest BCUT2D eigenvalue weighted by Gasteiger charge is -2.31. The van der Waals surface area contributed by atoms with Crippen molar-refractivity contribution in [1.29, 1.82) is 10.5 Å². The topological polar surface area (TPSA) is 118 Å². The molecule has 2 rings (SSSR count). The summed E-state index contributed by atoms with van der Waals surface area (Å²) < 4.78 is 45.6. The minimum atomic E-state index is -4.92. The summed E-state index contributed by atoms with van der Waals surface area (Å²) in [7, 11) is 2.55. The number of urea groups is 1. The quantitative estimate of drug-likeness (QED) is 0.732. The van der Waals surface area contributed by atoms with Crippen LogP contribution in [0.25, 0.3) is 0 Å². The maximum absolute atomic E-state index is 13.4. The first kappa shape index (κ1) is 25.2. The number of halogens is 3. The zero-order valence-corrected chi connectivity index (χ0v) is 17.8. The van der Waals surface area contributed by atoms with Crippen LogP contribution in [0.2, 0.25) is 0 Å². The molecule has 0 heterocycles. The number of benzene rings is 2. The molecule has 0 aliphatic carbocycles. The van der Waals surface area contributed by atoms with Gasteiger partial charge in [-0.2, -0.15) is 23.7 Å². The summed E-state index contributed by atoms with van der Waals surface area (Å²) in [6, 6.07) is 10.4. The lowest BCUT2D eigenvalue weighted by atomic mass is 10.0. The molecule has 11 heteroatoms. The van der Waals surface area contributed by atoms with Crippen molar-refractivity contribution in [3.05, 3.63) is 59.2 Å². The molecule has 0 bridgehead atoms. The summed E-state index contributed by atoms with van der Waals surface area (Å²) in [4.78, 5) is 27.1. The molecule has 3 amide bonds. The summed E-state index contributed by atoms with van der Waals surface area (Å²) >= 11 is 0. The van der Waals surface area contributed by atoms with E-state index in [-0.39, 0.29) is 5.75 Å². The first-order chi connectivity index (χ1) is 15.3. The molecule has 0 saturated heterocycles. The largest absolute Gasteiger partial charge is 0.490 e. The number of carbonyl (C=O) groups is 2. The number of rotatable bonds is 5. The van der Waals surface area contributed by atoms with Crippen LogP contribution in [-0.2, 0) is 11.0 Å². The Kier molecular flexibility index (Phi) is 7.31. The zero-order chi connectivity index (χ0) is 25.0. The van der Waals surface area contributed by atoms with Gasteiger partial charge in [-0.3, -0.25) is 4.79 Å². The van der Waals surface area contributed by atoms with Crippen molar-refractivity contribution < 1.29 is 32.6 Å². The Morgan fingerprint density at radius 2 is 1.67 bits per heavy atom. The standard InChI is InChI=1S/C22H19F3N4O4/c1-21(32,13-33-17-8-4-14(11-26)5-9-17)19(30)29(20(31)28(2)3)16-7-6-15(12-27)18(10-16)22(23,24)25/h4-10,32H,13H2,1-3H3. The Balaban J connectivity index is 2.42. The van der Waals surface area contributed by atoms with E-state index in [2.05, 4.69) is 0 Å². The van der Waals surface area contributed by atoms with Gasteiger partial charge in [0.2, 0.25) is 0 Å². The summed E-state index contributed by atoms with van der Waals surface area (Å²) in [5.41, 5.74) is -4.48. The minimum Gasteiger partial charge on any atom is -0.490 e. The lowest BCUT2D eigenvalue weighted by Crippen LogP contribution is -2.55. The highest BCUT2D eigenvalue weighted by atomic mass is 19.4. The van der Waals surface area contributed by atoms with Crippen LogP contribution in [0.5, 0.6) is 5.75 Å². The summed E-state index contributed by atoms with van der Waals surface area (Å²) in [6.07, 6.45) is -4.92. The van der Waals surface area contributed by atoms with Crippen LogP contribution in [0.4, 0.5) is 23.7 Å². The summed E-state index contributed by atoms with van der Waals surface area (Å²) in [6.45, 7) is 0.403. The van der Waals surface area contributed by atoms with E-state index in [1.165, 1.54) is 44.4 Å². The van der Waals surface area contributed by atoms with Crippen LogP contribution in [-0.4, -0.2) is 48.2 Å². The van der Waals surface area contributed by atoms with Gasteiger partial charge in [0.25, 0.3) is 5.91 Å². The van der Waals surface area contributed by atoms with E-state index >= 15 is 0 Å². The molecule has 1 atom stereocenters. The van der Waals surface area contributed by atoms with Gasteiger partial charge in [0.15, 0.2) is 5.60 Å². The normalized spacial score (nSPS) is 12.6. The molecule has 0 aromatic heterocycles. The number of carbonyl (C=O) groups excluding carboxylic acids is 2. The fourth-order valence-electron chi connectivity index (χ4n) is 2.67. The van der Waals surface area contributed by atoms with Gasteiger partial charge in [-0.15, -0.1) is 0 Å². The van der Waals surface area contributed by atoms with Crippen molar-refractivity contribution in [2.45, 2.75) is 18.7 Å². The molecule has 1 N–H and O–H groups in total. The maximum atomic E-state index is 13.4. The molecule has 2 aromatic rings. The molecule has 0 aliphatic rings. The van der Waals surface area contributed by atoms with E-state index in [4.69, 9.17) is 15.3 Å². The number of amides is 3. The number of hydrogen-bond donors (Lipinski definition) is 1. The van der Waals surface area contributed by atoms with Gasteiger partial charge < -0.3 is 14.7 Å². The van der Waals surface area contributed by atoms with Crippen LogP contribution in [0.15, 0.2) is 42.5 Å². The molecule has 0 spiro atoms. The van der Waals surface area contributed by atoms with Gasteiger partial charge >= 0.3 is 12.2 Å². The van der Waals surface area contributed by atoms with Crippen LogP contribution >= 0.6 is 0 Å². The molecule has 1 unspecified atom stereocenters. The van der Waals surface area contributed by atoms with Crippen molar-refractivity contribution in [1.82, 2.24) is 4.90 Å². The van der Waals surface area contributed by atoms with Gasteiger partial charge in [-0.25, -0.2) is 9.69 Å². The number of imide groups is 1. The predicted octanol–water partition coefficient (Wildman–Crippen LogP) is 3.29. The maximum Gasteiger partial charge on any atom is 0.417 e. The third-order valence-electron chi connectivity index (χ3n) is 4.43.